The van der Waals surface area contributed by atoms with Gasteiger partial charge >= 0.3 is 12.1 Å². The van der Waals surface area contributed by atoms with E-state index in [-0.39, 0.29) is 23.9 Å². The van der Waals surface area contributed by atoms with Crippen molar-refractivity contribution in [3.8, 4) is 0 Å². The second-order valence-corrected chi connectivity index (χ2v) is 10.4. The molecule has 0 bridgehead atoms. The smallest absolute Gasteiger partial charge is 0.410 e. The maximum Gasteiger partial charge on any atom is 0.410 e. The van der Waals surface area contributed by atoms with E-state index >= 15 is 0 Å². The molecule has 1 aromatic rings. The highest BCUT2D eigenvalue weighted by Crippen LogP contribution is 2.31. The monoisotopic (exact) mass is 453 g/mol. The molecule has 0 aliphatic carbocycles. The summed E-state index contributed by atoms with van der Waals surface area (Å²) >= 11 is 3.49. The van der Waals surface area contributed by atoms with Gasteiger partial charge in [-0.15, -0.1) is 0 Å². The van der Waals surface area contributed by atoms with Crippen molar-refractivity contribution >= 4 is 28.0 Å². The Bertz CT molecular complexity index is 705. The maximum atomic E-state index is 13.0. The SMILES string of the molecule is CC(C)(C)OC(=O)[C@H](Cc1cccc(Br)c1)[C@H]1CCN(C(=O)OC(C)(C)C)C1. The number of carbonyl (C=O) groups excluding carboxylic acids is 2. The maximum absolute atomic E-state index is 13.0. The number of hydrogen-bond acceptors (Lipinski definition) is 4. The van der Waals surface area contributed by atoms with Crippen LogP contribution in [0.2, 0.25) is 0 Å². The lowest BCUT2D eigenvalue weighted by molar-refractivity contribution is -0.161. The Labute approximate surface area is 176 Å². The second kappa shape index (κ2) is 8.85. The summed E-state index contributed by atoms with van der Waals surface area (Å²) in [7, 11) is 0. The topological polar surface area (TPSA) is 55.8 Å². The lowest BCUT2D eigenvalue weighted by atomic mass is 9.86. The minimum atomic E-state index is -0.546. The van der Waals surface area contributed by atoms with E-state index in [1.54, 1.807) is 4.90 Å². The van der Waals surface area contributed by atoms with Gasteiger partial charge in [0.2, 0.25) is 0 Å². The van der Waals surface area contributed by atoms with Crippen molar-refractivity contribution in [3.63, 3.8) is 0 Å². The standard InChI is InChI=1S/C22H32BrNO4/c1-21(2,3)27-19(25)18(13-15-8-7-9-17(23)12-15)16-10-11-24(14-16)20(26)28-22(4,5)6/h7-9,12,16,18H,10-11,13-14H2,1-6H3/t16-,18+/m0/s1. The number of amides is 1. The van der Waals surface area contributed by atoms with Crippen LogP contribution in [0.4, 0.5) is 4.79 Å². The third-order valence-electron chi connectivity index (χ3n) is 4.50. The summed E-state index contributed by atoms with van der Waals surface area (Å²) in [5.74, 6) is -0.467. The second-order valence-electron chi connectivity index (χ2n) is 9.45. The number of rotatable bonds is 4. The lowest BCUT2D eigenvalue weighted by Gasteiger charge is -2.28. The van der Waals surface area contributed by atoms with Crippen LogP contribution in [0, 0.1) is 11.8 Å². The van der Waals surface area contributed by atoms with Crippen molar-refractivity contribution in [1.82, 2.24) is 4.90 Å². The molecule has 1 saturated heterocycles. The highest BCUT2D eigenvalue weighted by Gasteiger charge is 2.39. The third-order valence-corrected chi connectivity index (χ3v) is 4.99. The molecule has 1 aliphatic heterocycles. The van der Waals surface area contributed by atoms with E-state index in [9.17, 15) is 9.59 Å². The Kier molecular flexibility index (Phi) is 7.18. The quantitative estimate of drug-likeness (QED) is 0.587. The number of esters is 1. The van der Waals surface area contributed by atoms with E-state index in [2.05, 4.69) is 15.9 Å². The highest BCUT2D eigenvalue weighted by molar-refractivity contribution is 9.10. The summed E-state index contributed by atoms with van der Waals surface area (Å²) in [6, 6.07) is 7.97. The largest absolute Gasteiger partial charge is 0.460 e. The van der Waals surface area contributed by atoms with Crippen LogP contribution >= 0.6 is 15.9 Å². The van der Waals surface area contributed by atoms with Gasteiger partial charge in [0.1, 0.15) is 11.2 Å². The first-order chi connectivity index (χ1) is 12.8. The number of likely N-dealkylation sites (tertiary alicyclic amines) is 1. The van der Waals surface area contributed by atoms with Gasteiger partial charge in [0.25, 0.3) is 0 Å². The van der Waals surface area contributed by atoms with Crippen molar-refractivity contribution < 1.29 is 19.1 Å². The number of halogens is 1. The van der Waals surface area contributed by atoms with Gasteiger partial charge in [-0.2, -0.15) is 0 Å². The first kappa shape index (κ1) is 22.7. The summed E-state index contributed by atoms with van der Waals surface area (Å²) in [4.78, 5) is 27.1. The summed E-state index contributed by atoms with van der Waals surface area (Å²) < 4.78 is 12.2. The molecule has 1 aliphatic rings. The molecule has 1 heterocycles. The first-order valence-corrected chi connectivity index (χ1v) is 10.6. The van der Waals surface area contributed by atoms with Gasteiger partial charge in [0, 0.05) is 17.6 Å². The van der Waals surface area contributed by atoms with Crippen LogP contribution in [0.5, 0.6) is 0 Å². The Morgan fingerprint density at radius 3 is 2.36 bits per heavy atom. The van der Waals surface area contributed by atoms with E-state index in [4.69, 9.17) is 9.47 Å². The zero-order valence-corrected chi connectivity index (χ0v) is 19.3. The minimum absolute atomic E-state index is 0.0429. The van der Waals surface area contributed by atoms with Crippen LogP contribution in [-0.2, 0) is 20.7 Å². The van der Waals surface area contributed by atoms with Crippen molar-refractivity contribution in [2.45, 2.75) is 65.6 Å². The molecule has 0 radical (unpaired) electrons. The molecule has 0 unspecified atom stereocenters. The number of ether oxygens (including phenoxy) is 2. The molecule has 5 nitrogen and oxygen atoms in total. The fourth-order valence-corrected chi connectivity index (χ4v) is 3.79. The third kappa shape index (κ3) is 7.12. The van der Waals surface area contributed by atoms with Gasteiger partial charge in [-0.3, -0.25) is 4.79 Å². The highest BCUT2D eigenvalue weighted by atomic mass is 79.9. The zero-order valence-electron chi connectivity index (χ0n) is 17.8. The molecule has 0 aromatic heterocycles. The van der Waals surface area contributed by atoms with Gasteiger partial charge in [0.05, 0.1) is 5.92 Å². The van der Waals surface area contributed by atoms with E-state index in [0.29, 0.717) is 19.5 Å². The number of benzene rings is 1. The van der Waals surface area contributed by atoms with Crippen LogP contribution < -0.4 is 0 Å². The summed E-state index contributed by atoms with van der Waals surface area (Å²) in [6.07, 6.45) is 1.03. The number of carbonyl (C=O) groups is 2. The first-order valence-electron chi connectivity index (χ1n) is 9.79. The zero-order chi connectivity index (χ0) is 21.1. The number of nitrogens with zero attached hydrogens (tertiary/aromatic N) is 1. The van der Waals surface area contributed by atoms with Crippen molar-refractivity contribution in [2.24, 2.45) is 11.8 Å². The molecule has 28 heavy (non-hydrogen) atoms. The Balaban J connectivity index is 2.15. The molecular formula is C22H32BrNO4. The average Bonchev–Trinajstić information content (AvgIpc) is 2.99. The van der Waals surface area contributed by atoms with E-state index < -0.39 is 11.2 Å². The molecular weight excluding hydrogens is 422 g/mol. The Morgan fingerprint density at radius 2 is 1.79 bits per heavy atom. The van der Waals surface area contributed by atoms with Crippen molar-refractivity contribution in [3.05, 3.63) is 34.3 Å². The molecule has 2 atom stereocenters. The predicted molar refractivity (Wildman–Crippen MR) is 113 cm³/mol. The van der Waals surface area contributed by atoms with Crippen LogP contribution in [0.25, 0.3) is 0 Å². The van der Waals surface area contributed by atoms with E-state index in [1.807, 2.05) is 65.8 Å². The van der Waals surface area contributed by atoms with E-state index in [0.717, 1.165) is 16.5 Å². The van der Waals surface area contributed by atoms with Crippen LogP contribution in [-0.4, -0.2) is 41.3 Å². The normalized spacial score (nSPS) is 18.7. The minimum Gasteiger partial charge on any atom is -0.460 e. The van der Waals surface area contributed by atoms with Gasteiger partial charge in [0.15, 0.2) is 0 Å². The summed E-state index contributed by atoms with van der Waals surface area (Å²) in [5.41, 5.74) is -0.00694. The van der Waals surface area contributed by atoms with Gasteiger partial charge in [-0.1, -0.05) is 28.1 Å². The molecule has 0 spiro atoms. The fraction of sp³-hybridized carbons (Fsp3) is 0.636. The van der Waals surface area contributed by atoms with Gasteiger partial charge in [-0.05, 0) is 78.0 Å². The molecule has 2 rings (SSSR count). The summed E-state index contributed by atoms with van der Waals surface area (Å²) in [5, 5.41) is 0. The van der Waals surface area contributed by atoms with Crippen molar-refractivity contribution in [1.29, 1.82) is 0 Å². The van der Waals surface area contributed by atoms with Gasteiger partial charge < -0.3 is 14.4 Å². The van der Waals surface area contributed by atoms with Crippen LogP contribution in [0.15, 0.2) is 28.7 Å². The van der Waals surface area contributed by atoms with E-state index in [1.165, 1.54) is 0 Å². The fourth-order valence-electron chi connectivity index (χ4n) is 3.35. The molecule has 6 heteroatoms. The molecule has 1 amide bonds. The molecule has 0 N–H and O–H groups in total. The Hall–Kier alpha value is -1.56. The van der Waals surface area contributed by atoms with Crippen molar-refractivity contribution in [2.75, 3.05) is 13.1 Å². The van der Waals surface area contributed by atoms with Crippen LogP contribution in [0.1, 0.15) is 53.5 Å². The molecule has 1 fully saturated rings. The molecule has 0 saturated carbocycles. The summed E-state index contributed by atoms with van der Waals surface area (Å²) in [6.45, 7) is 12.3. The predicted octanol–water partition coefficient (Wildman–Crippen LogP) is 5.21. The average molecular weight is 454 g/mol. The molecule has 156 valence electrons. The Morgan fingerprint density at radius 1 is 1.14 bits per heavy atom. The van der Waals surface area contributed by atoms with Gasteiger partial charge in [-0.25, -0.2) is 4.79 Å². The lowest BCUT2D eigenvalue weighted by Crippen LogP contribution is -2.38. The molecule has 1 aromatic carbocycles. The number of hydrogen-bond donors (Lipinski definition) is 0. The van der Waals surface area contributed by atoms with Crippen LogP contribution in [0.3, 0.4) is 0 Å².